The van der Waals surface area contributed by atoms with Gasteiger partial charge in [-0.2, -0.15) is 4.98 Å². The maximum atomic E-state index is 11.4. The van der Waals surface area contributed by atoms with Crippen LogP contribution in [-0.4, -0.2) is 26.8 Å². The molecule has 172 valence electrons. The average molecular weight is 489 g/mol. The molecule has 8 nitrogen and oxygen atoms in total. The molecule has 10 heteroatoms. The van der Waals surface area contributed by atoms with Crippen molar-refractivity contribution in [3.05, 3.63) is 52.1 Å². The normalized spacial score (nSPS) is 11.2. The predicted molar refractivity (Wildman–Crippen MR) is 127 cm³/mol. The zero-order valence-electron chi connectivity index (χ0n) is 18.5. The highest BCUT2D eigenvalue weighted by Gasteiger charge is 2.20. The summed E-state index contributed by atoms with van der Waals surface area (Å²) in [6.07, 6.45) is 0.275. The number of carbonyl (C=O) groups excluding carboxylic acids is 1. The molecule has 2 heterocycles. The van der Waals surface area contributed by atoms with Crippen molar-refractivity contribution in [2.75, 3.05) is 5.48 Å². The molecule has 4 aromatic rings. The SMILES string of the molecule is CCC(=O)ONc1ccc2c(c1)c(Cl)c(C)n2-c1noc(-c2ccc(OC(C)C)c(Cl)c2)n1. The molecular formula is C23H22Cl2N4O4. The summed E-state index contributed by atoms with van der Waals surface area (Å²) in [6, 6.07) is 10.7. The summed E-state index contributed by atoms with van der Waals surface area (Å²) in [5.74, 6) is 0.864. The van der Waals surface area contributed by atoms with Crippen molar-refractivity contribution < 1.29 is 18.9 Å². The number of rotatable bonds is 7. The number of ether oxygens (including phenoxy) is 1. The van der Waals surface area contributed by atoms with E-state index in [9.17, 15) is 4.79 Å². The van der Waals surface area contributed by atoms with E-state index in [1.807, 2.05) is 32.9 Å². The van der Waals surface area contributed by atoms with Crippen LogP contribution in [0.2, 0.25) is 10.0 Å². The number of nitrogens with one attached hydrogen (secondary N) is 1. The summed E-state index contributed by atoms with van der Waals surface area (Å²) < 4.78 is 13.0. The van der Waals surface area contributed by atoms with E-state index in [-0.39, 0.29) is 18.5 Å². The van der Waals surface area contributed by atoms with Gasteiger partial charge in [0.1, 0.15) is 5.75 Å². The van der Waals surface area contributed by atoms with Gasteiger partial charge in [-0.25, -0.2) is 10.3 Å². The summed E-state index contributed by atoms with van der Waals surface area (Å²) in [6.45, 7) is 7.44. The largest absolute Gasteiger partial charge is 0.489 e. The lowest BCUT2D eigenvalue weighted by Gasteiger charge is -2.11. The number of halogens is 2. The van der Waals surface area contributed by atoms with Gasteiger partial charge >= 0.3 is 5.97 Å². The lowest BCUT2D eigenvalue weighted by molar-refractivity contribution is -0.140. The first kappa shape index (κ1) is 22.9. The summed E-state index contributed by atoms with van der Waals surface area (Å²) in [7, 11) is 0. The summed E-state index contributed by atoms with van der Waals surface area (Å²) in [4.78, 5) is 20.9. The van der Waals surface area contributed by atoms with Crippen LogP contribution in [0, 0.1) is 6.92 Å². The van der Waals surface area contributed by atoms with E-state index in [1.54, 1.807) is 35.8 Å². The number of aromatic nitrogens is 3. The lowest BCUT2D eigenvalue weighted by atomic mass is 10.2. The molecule has 2 aromatic carbocycles. The number of fused-ring (bicyclic) bond motifs is 1. The third-order valence-electron chi connectivity index (χ3n) is 4.86. The summed E-state index contributed by atoms with van der Waals surface area (Å²) in [5.41, 5.74) is 5.41. The quantitative estimate of drug-likeness (QED) is 0.302. The molecule has 0 saturated heterocycles. The van der Waals surface area contributed by atoms with E-state index in [0.717, 1.165) is 16.6 Å². The van der Waals surface area contributed by atoms with Gasteiger partial charge in [0.15, 0.2) is 0 Å². The fourth-order valence-electron chi connectivity index (χ4n) is 3.30. The Morgan fingerprint density at radius 2 is 2.00 bits per heavy atom. The molecule has 33 heavy (non-hydrogen) atoms. The maximum absolute atomic E-state index is 11.4. The van der Waals surface area contributed by atoms with Crippen LogP contribution in [0.4, 0.5) is 5.69 Å². The van der Waals surface area contributed by atoms with E-state index < -0.39 is 0 Å². The van der Waals surface area contributed by atoms with Crippen LogP contribution < -0.4 is 10.2 Å². The van der Waals surface area contributed by atoms with Crippen molar-refractivity contribution in [3.63, 3.8) is 0 Å². The van der Waals surface area contributed by atoms with E-state index in [2.05, 4.69) is 15.6 Å². The van der Waals surface area contributed by atoms with Gasteiger partial charge in [-0.3, -0.25) is 4.57 Å². The molecule has 0 atom stereocenters. The van der Waals surface area contributed by atoms with E-state index in [0.29, 0.717) is 38.9 Å². The van der Waals surface area contributed by atoms with E-state index in [4.69, 9.17) is 37.3 Å². The lowest BCUT2D eigenvalue weighted by Crippen LogP contribution is -2.08. The Labute approximate surface area is 200 Å². The number of anilines is 1. The molecule has 2 aromatic heterocycles. The van der Waals surface area contributed by atoms with Crippen LogP contribution in [0.15, 0.2) is 40.9 Å². The first-order valence-electron chi connectivity index (χ1n) is 10.3. The van der Waals surface area contributed by atoms with Crippen LogP contribution >= 0.6 is 23.2 Å². The van der Waals surface area contributed by atoms with Gasteiger partial charge in [0.25, 0.3) is 11.8 Å². The third-order valence-corrected chi connectivity index (χ3v) is 5.63. The molecular weight excluding hydrogens is 467 g/mol. The van der Waals surface area contributed by atoms with Crippen molar-refractivity contribution in [1.29, 1.82) is 0 Å². The van der Waals surface area contributed by atoms with Crippen molar-refractivity contribution in [1.82, 2.24) is 14.7 Å². The van der Waals surface area contributed by atoms with E-state index in [1.165, 1.54) is 0 Å². The summed E-state index contributed by atoms with van der Waals surface area (Å²) in [5, 5.41) is 5.87. The number of hydrogen-bond acceptors (Lipinski definition) is 7. The third kappa shape index (κ3) is 4.62. The standard InChI is InChI=1S/C23H22Cl2N4O4/c1-5-20(30)32-27-15-7-8-18-16(11-15)21(25)13(4)29(18)23-26-22(33-28-23)14-6-9-19(17(24)10-14)31-12(2)3/h6-12,27H,5H2,1-4H3. The highest BCUT2D eigenvalue weighted by Crippen LogP contribution is 2.35. The molecule has 0 aliphatic heterocycles. The van der Waals surface area contributed by atoms with E-state index >= 15 is 0 Å². The van der Waals surface area contributed by atoms with Gasteiger partial charge in [-0.15, -0.1) is 0 Å². The Morgan fingerprint density at radius 3 is 2.70 bits per heavy atom. The second kappa shape index (κ2) is 9.33. The van der Waals surface area contributed by atoms with Crippen LogP contribution in [0.25, 0.3) is 28.3 Å². The average Bonchev–Trinajstić information content (AvgIpc) is 3.36. The van der Waals surface area contributed by atoms with Crippen molar-refractivity contribution in [3.8, 4) is 23.2 Å². The minimum absolute atomic E-state index is 0.00696. The van der Waals surface area contributed by atoms with Crippen LogP contribution in [0.1, 0.15) is 32.9 Å². The van der Waals surface area contributed by atoms with Crippen molar-refractivity contribution in [2.24, 2.45) is 0 Å². The molecule has 0 bridgehead atoms. The zero-order chi connectivity index (χ0) is 23.7. The molecule has 4 rings (SSSR count). The molecule has 0 aliphatic rings. The van der Waals surface area contributed by atoms with Gasteiger partial charge in [0, 0.05) is 23.1 Å². The van der Waals surface area contributed by atoms with Gasteiger partial charge < -0.3 is 14.1 Å². The number of benzene rings is 2. The molecule has 0 radical (unpaired) electrons. The number of carbonyl (C=O) groups is 1. The minimum atomic E-state index is -0.363. The first-order valence-corrected chi connectivity index (χ1v) is 11.1. The molecule has 0 unspecified atom stereocenters. The molecule has 0 saturated carbocycles. The Morgan fingerprint density at radius 1 is 1.21 bits per heavy atom. The molecule has 0 fully saturated rings. The predicted octanol–water partition coefficient (Wildman–Crippen LogP) is 6.36. The van der Waals surface area contributed by atoms with Gasteiger partial charge in [-0.1, -0.05) is 30.1 Å². The monoisotopic (exact) mass is 488 g/mol. The van der Waals surface area contributed by atoms with Crippen LogP contribution in [0.3, 0.4) is 0 Å². The minimum Gasteiger partial charge on any atom is -0.489 e. The highest BCUT2D eigenvalue weighted by molar-refractivity contribution is 6.36. The molecule has 0 spiro atoms. The highest BCUT2D eigenvalue weighted by atomic mass is 35.5. The molecule has 1 N–H and O–H groups in total. The number of hydrogen-bond donors (Lipinski definition) is 1. The zero-order valence-corrected chi connectivity index (χ0v) is 20.0. The van der Waals surface area contributed by atoms with Crippen molar-refractivity contribution >= 4 is 45.8 Å². The fraction of sp³-hybridized carbons (Fsp3) is 0.261. The fourth-order valence-corrected chi connectivity index (χ4v) is 3.76. The number of nitrogens with zero attached hydrogens (tertiary/aromatic N) is 3. The maximum Gasteiger partial charge on any atom is 0.331 e. The Kier molecular flexibility index (Phi) is 6.49. The summed E-state index contributed by atoms with van der Waals surface area (Å²) >= 11 is 12.9. The smallest absolute Gasteiger partial charge is 0.331 e. The van der Waals surface area contributed by atoms with Crippen LogP contribution in [0.5, 0.6) is 5.75 Å². The Hall–Kier alpha value is -3.23. The van der Waals surface area contributed by atoms with Crippen LogP contribution in [-0.2, 0) is 9.63 Å². The molecule has 0 aliphatic carbocycles. The first-order chi connectivity index (χ1) is 15.8. The van der Waals surface area contributed by atoms with Gasteiger partial charge in [0.05, 0.1) is 27.4 Å². The van der Waals surface area contributed by atoms with Gasteiger partial charge in [-0.05, 0) is 62.3 Å². The van der Waals surface area contributed by atoms with Gasteiger partial charge in [0.2, 0.25) is 0 Å². The van der Waals surface area contributed by atoms with Crippen molar-refractivity contribution in [2.45, 2.75) is 40.2 Å². The second-order valence-electron chi connectivity index (χ2n) is 7.61. The second-order valence-corrected chi connectivity index (χ2v) is 8.39. The Balaban J connectivity index is 1.67. The Bertz CT molecular complexity index is 1330. The topological polar surface area (TPSA) is 91.4 Å². The molecule has 0 amide bonds.